The van der Waals surface area contributed by atoms with Crippen LogP contribution in [0, 0.1) is 17.5 Å². The molecule has 0 bridgehead atoms. The van der Waals surface area contributed by atoms with Gasteiger partial charge in [-0.25, -0.2) is 18.0 Å². The highest BCUT2D eigenvalue weighted by Gasteiger charge is 2.29. The van der Waals surface area contributed by atoms with E-state index in [9.17, 15) is 18.7 Å². The first kappa shape index (κ1) is 27.6. The van der Waals surface area contributed by atoms with Gasteiger partial charge < -0.3 is 19.1 Å². The molecule has 0 saturated carbocycles. The standard InChI is InChI=1S/C34H28F3NO4/c35-25-17-30-32(31(18-25)42-20-22-4-2-1-3-5-22)27(16-21-6-8-24(9-7-21)34(39)40)33(23-12-14-41-15-13-23)38(30)26-10-11-28(36)29(37)19-26/h1-11,17-19,23H,12-16,20H2,(H,39,40). The van der Waals surface area contributed by atoms with Crippen molar-refractivity contribution in [1.82, 2.24) is 4.57 Å². The second-order valence-corrected chi connectivity index (χ2v) is 10.4. The SMILES string of the molecule is O=C(O)c1ccc(Cc2c(C3CCOCC3)n(-c3ccc(F)c(F)c3)c3cc(F)cc(OCc4ccccc4)c23)cc1. The number of carbonyl (C=O) groups is 1. The average molecular weight is 572 g/mol. The maximum Gasteiger partial charge on any atom is 0.335 e. The molecule has 0 spiro atoms. The monoisotopic (exact) mass is 571 g/mol. The van der Waals surface area contributed by atoms with Gasteiger partial charge in [-0.1, -0.05) is 42.5 Å². The number of halogens is 3. The molecule has 5 nitrogen and oxygen atoms in total. The summed E-state index contributed by atoms with van der Waals surface area (Å²) < 4.78 is 57.6. The van der Waals surface area contributed by atoms with Crippen LogP contribution in [0.15, 0.2) is 84.9 Å². The molecule has 0 atom stereocenters. The molecule has 1 aliphatic heterocycles. The van der Waals surface area contributed by atoms with Gasteiger partial charge in [-0.2, -0.15) is 0 Å². The van der Waals surface area contributed by atoms with E-state index in [1.54, 1.807) is 24.3 Å². The second kappa shape index (κ2) is 11.7. The zero-order valence-electron chi connectivity index (χ0n) is 22.7. The number of hydrogen-bond donors (Lipinski definition) is 1. The van der Waals surface area contributed by atoms with E-state index < -0.39 is 23.4 Å². The second-order valence-electron chi connectivity index (χ2n) is 10.4. The van der Waals surface area contributed by atoms with Crippen LogP contribution in [-0.2, 0) is 17.8 Å². The summed E-state index contributed by atoms with van der Waals surface area (Å²) in [6.07, 6.45) is 1.76. The number of aromatic carboxylic acids is 1. The van der Waals surface area contributed by atoms with Gasteiger partial charge in [-0.15, -0.1) is 0 Å². The van der Waals surface area contributed by atoms with Gasteiger partial charge >= 0.3 is 5.97 Å². The first-order valence-electron chi connectivity index (χ1n) is 13.8. The van der Waals surface area contributed by atoms with Crippen molar-refractivity contribution in [2.24, 2.45) is 0 Å². The summed E-state index contributed by atoms with van der Waals surface area (Å²) in [6, 6.07) is 22.6. The van der Waals surface area contributed by atoms with Crippen molar-refractivity contribution in [3.05, 3.63) is 130 Å². The van der Waals surface area contributed by atoms with Crippen LogP contribution in [0.5, 0.6) is 5.75 Å². The number of ether oxygens (including phenoxy) is 2. The Morgan fingerprint density at radius 1 is 0.881 bits per heavy atom. The van der Waals surface area contributed by atoms with Gasteiger partial charge in [0.2, 0.25) is 0 Å². The van der Waals surface area contributed by atoms with Crippen molar-refractivity contribution >= 4 is 16.9 Å². The van der Waals surface area contributed by atoms with Crippen LogP contribution in [0.2, 0.25) is 0 Å². The molecule has 0 unspecified atom stereocenters. The lowest BCUT2D eigenvalue weighted by molar-refractivity contribution is 0.0697. The first-order chi connectivity index (χ1) is 20.4. The number of hydrogen-bond acceptors (Lipinski definition) is 3. The van der Waals surface area contributed by atoms with Gasteiger partial charge in [0, 0.05) is 48.0 Å². The van der Waals surface area contributed by atoms with Gasteiger partial charge in [0.05, 0.1) is 11.1 Å². The molecule has 0 amide bonds. The van der Waals surface area contributed by atoms with Crippen molar-refractivity contribution in [2.45, 2.75) is 31.8 Å². The van der Waals surface area contributed by atoms with Crippen LogP contribution in [0.3, 0.4) is 0 Å². The van der Waals surface area contributed by atoms with E-state index in [0.29, 0.717) is 54.8 Å². The lowest BCUT2D eigenvalue weighted by atomic mass is 9.90. The number of benzene rings is 4. The number of fused-ring (bicyclic) bond motifs is 1. The van der Waals surface area contributed by atoms with Crippen LogP contribution in [0.1, 0.15) is 51.5 Å². The summed E-state index contributed by atoms with van der Waals surface area (Å²) in [5, 5.41) is 10.1. The highest BCUT2D eigenvalue weighted by molar-refractivity contribution is 5.93. The molecule has 4 aromatic carbocycles. The topological polar surface area (TPSA) is 60.7 Å². The van der Waals surface area contributed by atoms with Crippen molar-refractivity contribution in [3.8, 4) is 11.4 Å². The molecule has 214 valence electrons. The summed E-state index contributed by atoms with van der Waals surface area (Å²) in [4.78, 5) is 11.5. The summed E-state index contributed by atoms with van der Waals surface area (Å²) in [5.74, 6) is -3.21. The zero-order valence-corrected chi connectivity index (χ0v) is 22.7. The van der Waals surface area contributed by atoms with Crippen molar-refractivity contribution in [1.29, 1.82) is 0 Å². The molecule has 8 heteroatoms. The molecule has 0 radical (unpaired) electrons. The predicted octanol–water partition coefficient (Wildman–Crippen LogP) is 7.81. The van der Waals surface area contributed by atoms with Gasteiger partial charge in [-0.3, -0.25) is 0 Å². The minimum Gasteiger partial charge on any atom is -0.488 e. The number of rotatable bonds is 8. The van der Waals surface area contributed by atoms with Crippen LogP contribution < -0.4 is 4.74 Å². The Morgan fingerprint density at radius 2 is 1.62 bits per heavy atom. The van der Waals surface area contributed by atoms with E-state index >= 15 is 4.39 Å². The van der Waals surface area contributed by atoms with Crippen LogP contribution in [-0.4, -0.2) is 28.9 Å². The molecular formula is C34H28F3NO4. The molecule has 2 heterocycles. The maximum absolute atomic E-state index is 15.3. The van der Waals surface area contributed by atoms with Crippen molar-refractivity contribution in [2.75, 3.05) is 13.2 Å². The third-order valence-electron chi connectivity index (χ3n) is 7.73. The van der Waals surface area contributed by atoms with E-state index in [-0.39, 0.29) is 18.1 Å². The molecule has 1 aliphatic rings. The quantitative estimate of drug-likeness (QED) is 0.206. The van der Waals surface area contributed by atoms with Crippen molar-refractivity contribution in [3.63, 3.8) is 0 Å². The van der Waals surface area contributed by atoms with E-state index in [1.807, 2.05) is 34.9 Å². The van der Waals surface area contributed by atoms with Crippen LogP contribution in [0.4, 0.5) is 13.2 Å². The Kier molecular flexibility index (Phi) is 7.71. The molecular weight excluding hydrogens is 543 g/mol. The molecule has 1 aromatic heterocycles. The predicted molar refractivity (Wildman–Crippen MR) is 153 cm³/mol. The van der Waals surface area contributed by atoms with Crippen LogP contribution >= 0.6 is 0 Å². The maximum atomic E-state index is 15.3. The van der Waals surface area contributed by atoms with E-state index in [2.05, 4.69) is 0 Å². The average Bonchev–Trinajstić information content (AvgIpc) is 3.32. The highest BCUT2D eigenvalue weighted by atomic mass is 19.2. The van der Waals surface area contributed by atoms with Gasteiger partial charge in [0.25, 0.3) is 0 Å². The molecule has 42 heavy (non-hydrogen) atoms. The number of carboxylic acids is 1. The highest BCUT2D eigenvalue weighted by Crippen LogP contribution is 2.43. The van der Waals surface area contributed by atoms with Crippen molar-refractivity contribution < 1.29 is 32.5 Å². The minimum absolute atomic E-state index is 0.0161. The molecule has 5 aromatic rings. The van der Waals surface area contributed by atoms with E-state index in [4.69, 9.17) is 9.47 Å². The first-order valence-corrected chi connectivity index (χ1v) is 13.8. The van der Waals surface area contributed by atoms with Gasteiger partial charge in [-0.05, 0) is 66.3 Å². The molecule has 1 fully saturated rings. The lowest BCUT2D eigenvalue weighted by Gasteiger charge is -2.26. The molecule has 1 N–H and O–H groups in total. The number of aromatic nitrogens is 1. The Morgan fingerprint density at radius 3 is 2.31 bits per heavy atom. The Balaban J connectivity index is 1.60. The Labute approximate surface area is 240 Å². The molecule has 6 rings (SSSR count). The smallest absolute Gasteiger partial charge is 0.335 e. The summed E-state index contributed by atoms with van der Waals surface area (Å²) in [5.41, 5.74) is 4.46. The Bertz CT molecular complexity index is 1740. The number of carboxylic acid groups (broad SMARTS) is 1. The minimum atomic E-state index is -1.02. The fourth-order valence-corrected chi connectivity index (χ4v) is 5.74. The van der Waals surface area contributed by atoms with Gasteiger partial charge in [0.1, 0.15) is 18.2 Å². The Hall–Kier alpha value is -4.56. The number of nitrogens with zero attached hydrogens (tertiary/aromatic N) is 1. The largest absolute Gasteiger partial charge is 0.488 e. The van der Waals surface area contributed by atoms with E-state index in [0.717, 1.165) is 34.5 Å². The summed E-state index contributed by atoms with van der Waals surface area (Å²) >= 11 is 0. The zero-order chi connectivity index (χ0) is 29.2. The normalized spacial score (nSPS) is 13.9. The molecule has 1 saturated heterocycles. The lowest BCUT2D eigenvalue weighted by Crippen LogP contribution is -2.18. The summed E-state index contributed by atoms with van der Waals surface area (Å²) in [6.45, 7) is 1.26. The third-order valence-corrected chi connectivity index (χ3v) is 7.73. The fraction of sp³-hybridized carbons (Fsp3) is 0.206. The van der Waals surface area contributed by atoms with Gasteiger partial charge in [0.15, 0.2) is 11.6 Å². The van der Waals surface area contributed by atoms with E-state index in [1.165, 1.54) is 18.2 Å². The summed E-state index contributed by atoms with van der Waals surface area (Å²) in [7, 11) is 0. The third kappa shape index (κ3) is 5.50. The van der Waals surface area contributed by atoms with Crippen LogP contribution in [0.25, 0.3) is 16.6 Å². The molecule has 0 aliphatic carbocycles. The fourth-order valence-electron chi connectivity index (χ4n) is 5.74.